The minimum atomic E-state index is 0.657. The number of fused-ring (bicyclic) bond motifs is 1. The molecule has 1 aliphatic heterocycles. The first-order valence-corrected chi connectivity index (χ1v) is 5.72. The van der Waals surface area contributed by atoms with Crippen molar-refractivity contribution in [3.8, 4) is 11.5 Å². The van der Waals surface area contributed by atoms with Crippen molar-refractivity contribution in [3.05, 3.63) is 30.7 Å². The SMILES string of the molecule is COc1ccc2c(c1)N(CCCCl)C=CO2. The molecule has 0 saturated carbocycles. The van der Waals surface area contributed by atoms with Gasteiger partial charge in [0.1, 0.15) is 17.8 Å². The number of anilines is 1. The van der Waals surface area contributed by atoms with E-state index in [1.54, 1.807) is 13.4 Å². The molecular formula is C12H14ClNO2. The third kappa shape index (κ3) is 2.25. The molecule has 0 atom stereocenters. The highest BCUT2D eigenvalue weighted by atomic mass is 35.5. The van der Waals surface area contributed by atoms with Crippen LogP contribution in [0.3, 0.4) is 0 Å². The van der Waals surface area contributed by atoms with Crippen molar-refractivity contribution in [3.63, 3.8) is 0 Å². The van der Waals surface area contributed by atoms with E-state index < -0.39 is 0 Å². The van der Waals surface area contributed by atoms with E-state index in [-0.39, 0.29) is 0 Å². The van der Waals surface area contributed by atoms with Crippen molar-refractivity contribution < 1.29 is 9.47 Å². The Morgan fingerprint density at radius 1 is 1.44 bits per heavy atom. The second kappa shape index (κ2) is 5.12. The van der Waals surface area contributed by atoms with Crippen molar-refractivity contribution in [2.24, 2.45) is 0 Å². The van der Waals surface area contributed by atoms with Gasteiger partial charge in [-0.2, -0.15) is 0 Å². The molecule has 1 heterocycles. The van der Waals surface area contributed by atoms with Crippen LogP contribution in [-0.2, 0) is 0 Å². The third-order valence-electron chi connectivity index (χ3n) is 2.44. The molecular weight excluding hydrogens is 226 g/mol. The van der Waals surface area contributed by atoms with Gasteiger partial charge in [0.05, 0.1) is 12.8 Å². The Kier molecular flexibility index (Phi) is 3.57. The van der Waals surface area contributed by atoms with Gasteiger partial charge in [-0.15, -0.1) is 11.6 Å². The first-order chi connectivity index (χ1) is 7.85. The molecule has 1 aliphatic rings. The van der Waals surface area contributed by atoms with Gasteiger partial charge in [0, 0.05) is 24.7 Å². The van der Waals surface area contributed by atoms with Gasteiger partial charge in [0.15, 0.2) is 0 Å². The maximum atomic E-state index is 5.70. The van der Waals surface area contributed by atoms with Gasteiger partial charge in [-0.1, -0.05) is 0 Å². The van der Waals surface area contributed by atoms with Crippen LogP contribution in [0.1, 0.15) is 6.42 Å². The molecule has 0 N–H and O–H groups in total. The summed E-state index contributed by atoms with van der Waals surface area (Å²) in [6, 6.07) is 5.76. The summed E-state index contributed by atoms with van der Waals surface area (Å²) in [7, 11) is 1.66. The monoisotopic (exact) mass is 239 g/mol. The van der Waals surface area contributed by atoms with Crippen LogP contribution >= 0.6 is 11.6 Å². The zero-order chi connectivity index (χ0) is 11.4. The maximum Gasteiger partial charge on any atom is 0.150 e. The van der Waals surface area contributed by atoms with Crippen molar-refractivity contribution in [1.29, 1.82) is 0 Å². The maximum absolute atomic E-state index is 5.70. The summed E-state index contributed by atoms with van der Waals surface area (Å²) in [5.74, 6) is 2.33. The molecule has 16 heavy (non-hydrogen) atoms. The number of methoxy groups -OCH3 is 1. The molecule has 86 valence electrons. The number of hydrogen-bond donors (Lipinski definition) is 0. The number of halogens is 1. The summed E-state index contributed by atoms with van der Waals surface area (Å²) >= 11 is 5.70. The molecule has 0 unspecified atom stereocenters. The van der Waals surface area contributed by atoms with Crippen LogP contribution < -0.4 is 14.4 Å². The minimum absolute atomic E-state index is 0.657. The first-order valence-electron chi connectivity index (χ1n) is 5.19. The molecule has 1 aromatic rings. The van der Waals surface area contributed by atoms with Gasteiger partial charge in [-0.05, 0) is 18.6 Å². The average molecular weight is 240 g/mol. The van der Waals surface area contributed by atoms with Crippen LogP contribution in [0.4, 0.5) is 5.69 Å². The Hall–Kier alpha value is -1.35. The summed E-state index contributed by atoms with van der Waals surface area (Å²) < 4.78 is 10.6. The molecule has 0 radical (unpaired) electrons. The van der Waals surface area contributed by atoms with Gasteiger partial charge in [-0.25, -0.2) is 0 Å². The summed E-state index contributed by atoms with van der Waals surface area (Å²) in [5.41, 5.74) is 1.02. The van der Waals surface area contributed by atoms with Gasteiger partial charge >= 0.3 is 0 Å². The standard InChI is InChI=1S/C12H14ClNO2/c1-15-10-3-4-12-11(9-10)14(6-2-5-13)7-8-16-12/h3-4,7-9H,2,5-6H2,1H3. The molecule has 0 aromatic heterocycles. The molecule has 2 rings (SSSR count). The Morgan fingerprint density at radius 2 is 2.31 bits per heavy atom. The van der Waals surface area contributed by atoms with E-state index in [1.807, 2.05) is 24.4 Å². The van der Waals surface area contributed by atoms with Gasteiger partial charge in [0.2, 0.25) is 0 Å². The lowest BCUT2D eigenvalue weighted by molar-refractivity contribution is 0.412. The van der Waals surface area contributed by atoms with Crippen molar-refractivity contribution >= 4 is 17.3 Å². The lowest BCUT2D eigenvalue weighted by Crippen LogP contribution is -2.21. The molecule has 0 bridgehead atoms. The smallest absolute Gasteiger partial charge is 0.150 e. The van der Waals surface area contributed by atoms with E-state index in [4.69, 9.17) is 21.1 Å². The zero-order valence-corrected chi connectivity index (χ0v) is 9.91. The number of rotatable bonds is 4. The van der Waals surface area contributed by atoms with E-state index in [2.05, 4.69) is 4.90 Å². The number of nitrogens with zero attached hydrogens (tertiary/aromatic N) is 1. The van der Waals surface area contributed by atoms with Crippen LogP contribution in [0.2, 0.25) is 0 Å². The fourth-order valence-corrected chi connectivity index (χ4v) is 1.75. The van der Waals surface area contributed by atoms with Crippen molar-refractivity contribution in [2.45, 2.75) is 6.42 Å². The number of ether oxygens (including phenoxy) is 2. The van der Waals surface area contributed by atoms with E-state index >= 15 is 0 Å². The van der Waals surface area contributed by atoms with Crippen LogP contribution in [-0.4, -0.2) is 19.5 Å². The number of benzene rings is 1. The average Bonchev–Trinajstić information content (AvgIpc) is 2.35. The lowest BCUT2D eigenvalue weighted by Gasteiger charge is -2.26. The van der Waals surface area contributed by atoms with Crippen LogP contribution in [0.5, 0.6) is 11.5 Å². The molecule has 3 nitrogen and oxygen atoms in total. The van der Waals surface area contributed by atoms with Gasteiger partial charge < -0.3 is 14.4 Å². The second-order valence-corrected chi connectivity index (χ2v) is 3.85. The summed E-state index contributed by atoms with van der Waals surface area (Å²) in [5, 5.41) is 0. The highest BCUT2D eigenvalue weighted by molar-refractivity contribution is 6.17. The second-order valence-electron chi connectivity index (χ2n) is 3.47. The summed E-state index contributed by atoms with van der Waals surface area (Å²) in [6.07, 6.45) is 4.53. The first kappa shape index (κ1) is 11.1. The Labute approximate surface area is 100 Å². The fourth-order valence-electron chi connectivity index (χ4n) is 1.63. The van der Waals surface area contributed by atoms with Gasteiger partial charge in [0.25, 0.3) is 0 Å². The van der Waals surface area contributed by atoms with Crippen LogP contribution in [0, 0.1) is 0 Å². The predicted molar refractivity (Wildman–Crippen MR) is 65.4 cm³/mol. The Bertz CT molecular complexity index is 393. The fraction of sp³-hybridized carbons (Fsp3) is 0.333. The quantitative estimate of drug-likeness (QED) is 0.754. The number of alkyl halides is 1. The highest BCUT2D eigenvalue weighted by Gasteiger charge is 2.14. The molecule has 1 aromatic carbocycles. The normalized spacial score (nSPS) is 13.2. The molecule has 4 heteroatoms. The third-order valence-corrected chi connectivity index (χ3v) is 2.71. The Morgan fingerprint density at radius 3 is 3.06 bits per heavy atom. The predicted octanol–water partition coefficient (Wildman–Crippen LogP) is 2.99. The largest absolute Gasteiger partial charge is 0.497 e. The van der Waals surface area contributed by atoms with Crippen LogP contribution in [0.25, 0.3) is 0 Å². The lowest BCUT2D eigenvalue weighted by atomic mass is 10.2. The Balaban J connectivity index is 2.24. The number of hydrogen-bond acceptors (Lipinski definition) is 3. The van der Waals surface area contributed by atoms with Crippen molar-refractivity contribution in [2.75, 3.05) is 24.4 Å². The van der Waals surface area contributed by atoms with E-state index in [9.17, 15) is 0 Å². The van der Waals surface area contributed by atoms with Gasteiger partial charge in [-0.3, -0.25) is 0 Å². The summed E-state index contributed by atoms with van der Waals surface area (Å²) in [4.78, 5) is 2.11. The van der Waals surface area contributed by atoms with Crippen LogP contribution in [0.15, 0.2) is 30.7 Å². The van der Waals surface area contributed by atoms with E-state index in [1.165, 1.54) is 0 Å². The summed E-state index contributed by atoms with van der Waals surface area (Å²) in [6.45, 7) is 0.878. The topological polar surface area (TPSA) is 21.7 Å². The highest BCUT2D eigenvalue weighted by Crippen LogP contribution is 2.35. The molecule has 0 fully saturated rings. The zero-order valence-electron chi connectivity index (χ0n) is 9.15. The molecule has 0 saturated heterocycles. The van der Waals surface area contributed by atoms with E-state index in [0.717, 1.165) is 30.2 Å². The van der Waals surface area contributed by atoms with Crippen molar-refractivity contribution in [1.82, 2.24) is 0 Å². The minimum Gasteiger partial charge on any atom is -0.497 e. The van der Waals surface area contributed by atoms with E-state index in [0.29, 0.717) is 5.88 Å². The molecule has 0 spiro atoms. The molecule has 0 aliphatic carbocycles. The molecule has 0 amide bonds.